The summed E-state index contributed by atoms with van der Waals surface area (Å²) >= 11 is 0. The molecule has 1 heterocycles. The second-order valence-electron chi connectivity index (χ2n) is 5.67. The van der Waals surface area contributed by atoms with Crippen molar-refractivity contribution < 1.29 is 4.74 Å². The monoisotopic (exact) mass is 231 g/mol. The predicted octanol–water partition coefficient (Wildman–Crippen LogP) is 2.44. The van der Waals surface area contributed by atoms with Gasteiger partial charge < -0.3 is 10.1 Å². The summed E-state index contributed by atoms with van der Waals surface area (Å²) in [6.07, 6.45) is 4.99. The fourth-order valence-corrected chi connectivity index (χ4v) is 2.86. The number of rotatable bonds is 3. The average Bonchev–Trinajstić information content (AvgIpc) is 2.95. The second-order valence-corrected chi connectivity index (χ2v) is 5.67. The first kappa shape index (κ1) is 11.2. The SMILES string of the molecule is CC1(NCc2ccc3c(c2)CCC3)CCOC1. The number of aryl methyl sites for hydroxylation is 2. The van der Waals surface area contributed by atoms with Gasteiger partial charge in [-0.15, -0.1) is 0 Å². The summed E-state index contributed by atoms with van der Waals surface area (Å²) in [5.74, 6) is 0. The van der Waals surface area contributed by atoms with Crippen LogP contribution in [-0.4, -0.2) is 18.8 Å². The van der Waals surface area contributed by atoms with Gasteiger partial charge in [-0.3, -0.25) is 0 Å². The summed E-state index contributed by atoms with van der Waals surface area (Å²) in [5, 5.41) is 3.64. The van der Waals surface area contributed by atoms with Crippen LogP contribution < -0.4 is 5.32 Å². The summed E-state index contributed by atoms with van der Waals surface area (Å²) in [7, 11) is 0. The van der Waals surface area contributed by atoms with Crippen molar-refractivity contribution in [3.63, 3.8) is 0 Å². The molecule has 1 aromatic carbocycles. The maximum atomic E-state index is 5.46. The lowest BCUT2D eigenvalue weighted by molar-refractivity contribution is 0.171. The zero-order valence-corrected chi connectivity index (χ0v) is 10.6. The van der Waals surface area contributed by atoms with Crippen molar-refractivity contribution >= 4 is 0 Å². The van der Waals surface area contributed by atoms with Crippen molar-refractivity contribution in [1.29, 1.82) is 0 Å². The topological polar surface area (TPSA) is 21.3 Å². The van der Waals surface area contributed by atoms with Crippen LogP contribution in [0.15, 0.2) is 18.2 Å². The summed E-state index contributed by atoms with van der Waals surface area (Å²) in [6.45, 7) is 4.96. The van der Waals surface area contributed by atoms with Gasteiger partial charge in [-0.05, 0) is 49.3 Å². The number of hydrogen-bond donors (Lipinski definition) is 1. The lowest BCUT2D eigenvalue weighted by Gasteiger charge is -2.23. The Hall–Kier alpha value is -0.860. The number of hydrogen-bond acceptors (Lipinski definition) is 2. The minimum atomic E-state index is 0.180. The van der Waals surface area contributed by atoms with Crippen molar-refractivity contribution in [2.75, 3.05) is 13.2 Å². The molecule has 0 bridgehead atoms. The third-order valence-corrected chi connectivity index (χ3v) is 4.10. The molecule has 3 rings (SSSR count). The van der Waals surface area contributed by atoms with Crippen molar-refractivity contribution in [3.05, 3.63) is 34.9 Å². The van der Waals surface area contributed by atoms with Gasteiger partial charge in [-0.2, -0.15) is 0 Å². The fourth-order valence-electron chi connectivity index (χ4n) is 2.86. The van der Waals surface area contributed by atoms with Crippen LogP contribution in [0.2, 0.25) is 0 Å². The van der Waals surface area contributed by atoms with Gasteiger partial charge in [0.15, 0.2) is 0 Å². The quantitative estimate of drug-likeness (QED) is 0.862. The molecule has 2 nitrogen and oxygen atoms in total. The minimum Gasteiger partial charge on any atom is -0.379 e. The van der Waals surface area contributed by atoms with Crippen molar-refractivity contribution in [1.82, 2.24) is 5.32 Å². The molecule has 1 aromatic rings. The molecule has 1 unspecified atom stereocenters. The molecule has 2 heteroatoms. The molecule has 17 heavy (non-hydrogen) atoms. The molecular weight excluding hydrogens is 210 g/mol. The summed E-state index contributed by atoms with van der Waals surface area (Å²) in [5.41, 5.74) is 4.72. The third-order valence-electron chi connectivity index (χ3n) is 4.10. The molecule has 2 aliphatic rings. The van der Waals surface area contributed by atoms with Gasteiger partial charge in [0.25, 0.3) is 0 Å². The van der Waals surface area contributed by atoms with E-state index >= 15 is 0 Å². The van der Waals surface area contributed by atoms with Gasteiger partial charge in [0.2, 0.25) is 0 Å². The first-order valence-corrected chi connectivity index (χ1v) is 6.69. The van der Waals surface area contributed by atoms with Crippen LogP contribution in [0.1, 0.15) is 36.5 Å². The van der Waals surface area contributed by atoms with Crippen LogP contribution in [0.4, 0.5) is 0 Å². The molecule has 1 N–H and O–H groups in total. The van der Waals surface area contributed by atoms with Gasteiger partial charge in [0, 0.05) is 18.7 Å². The van der Waals surface area contributed by atoms with Gasteiger partial charge in [-0.1, -0.05) is 18.2 Å². The first-order chi connectivity index (χ1) is 8.25. The molecule has 1 aliphatic heterocycles. The maximum absolute atomic E-state index is 5.46. The zero-order chi connectivity index (χ0) is 11.7. The summed E-state index contributed by atoms with van der Waals surface area (Å²) in [4.78, 5) is 0. The molecule has 1 fully saturated rings. The smallest absolute Gasteiger partial charge is 0.0646 e. The Morgan fingerprint density at radius 2 is 2.18 bits per heavy atom. The Balaban J connectivity index is 1.65. The summed E-state index contributed by atoms with van der Waals surface area (Å²) < 4.78 is 5.46. The Labute approximate surface area is 103 Å². The Bertz CT molecular complexity index is 407. The Morgan fingerprint density at radius 1 is 1.29 bits per heavy atom. The van der Waals surface area contributed by atoms with Crippen LogP contribution in [0.25, 0.3) is 0 Å². The molecule has 1 aliphatic carbocycles. The van der Waals surface area contributed by atoms with E-state index in [1.165, 1.54) is 24.8 Å². The zero-order valence-electron chi connectivity index (χ0n) is 10.6. The highest BCUT2D eigenvalue weighted by atomic mass is 16.5. The predicted molar refractivity (Wildman–Crippen MR) is 69.1 cm³/mol. The molecule has 1 atom stereocenters. The average molecular weight is 231 g/mol. The van der Waals surface area contributed by atoms with Crippen molar-refractivity contribution in [2.45, 2.75) is 44.7 Å². The van der Waals surface area contributed by atoms with Gasteiger partial charge >= 0.3 is 0 Å². The minimum absolute atomic E-state index is 0.180. The molecule has 0 spiro atoms. The largest absolute Gasteiger partial charge is 0.379 e. The van der Waals surface area contributed by atoms with E-state index < -0.39 is 0 Å². The van der Waals surface area contributed by atoms with E-state index in [0.29, 0.717) is 0 Å². The first-order valence-electron chi connectivity index (χ1n) is 6.69. The molecule has 0 saturated carbocycles. The Morgan fingerprint density at radius 3 is 3.00 bits per heavy atom. The number of benzene rings is 1. The van der Waals surface area contributed by atoms with Crippen molar-refractivity contribution in [2.24, 2.45) is 0 Å². The highest BCUT2D eigenvalue weighted by Crippen LogP contribution is 2.23. The van der Waals surface area contributed by atoms with Crippen molar-refractivity contribution in [3.8, 4) is 0 Å². The van der Waals surface area contributed by atoms with E-state index in [9.17, 15) is 0 Å². The highest BCUT2D eigenvalue weighted by Gasteiger charge is 2.28. The molecule has 1 saturated heterocycles. The van der Waals surface area contributed by atoms with E-state index in [0.717, 1.165) is 26.2 Å². The summed E-state index contributed by atoms with van der Waals surface area (Å²) in [6, 6.07) is 6.97. The number of nitrogens with one attached hydrogen (secondary N) is 1. The van der Waals surface area contributed by atoms with E-state index in [2.05, 4.69) is 30.4 Å². The van der Waals surface area contributed by atoms with Crippen LogP contribution in [0.5, 0.6) is 0 Å². The van der Waals surface area contributed by atoms with Gasteiger partial charge in [0.05, 0.1) is 6.61 Å². The molecule has 0 radical (unpaired) electrons. The lowest BCUT2D eigenvalue weighted by atomic mass is 10.0. The van der Waals surface area contributed by atoms with E-state index in [1.54, 1.807) is 11.1 Å². The van der Waals surface area contributed by atoms with E-state index in [-0.39, 0.29) is 5.54 Å². The fraction of sp³-hybridized carbons (Fsp3) is 0.600. The Kier molecular flexibility index (Phi) is 2.93. The van der Waals surface area contributed by atoms with Gasteiger partial charge in [0.1, 0.15) is 0 Å². The lowest BCUT2D eigenvalue weighted by Crippen LogP contribution is -2.42. The normalized spacial score (nSPS) is 27.4. The van der Waals surface area contributed by atoms with Crippen LogP contribution in [-0.2, 0) is 24.1 Å². The van der Waals surface area contributed by atoms with Gasteiger partial charge in [-0.25, -0.2) is 0 Å². The van der Waals surface area contributed by atoms with Crippen LogP contribution in [0, 0.1) is 0 Å². The highest BCUT2D eigenvalue weighted by molar-refractivity contribution is 5.35. The number of fused-ring (bicyclic) bond motifs is 1. The molecule has 0 aromatic heterocycles. The molecule has 0 amide bonds. The van der Waals surface area contributed by atoms with Crippen LogP contribution in [0.3, 0.4) is 0 Å². The third kappa shape index (κ3) is 2.38. The van der Waals surface area contributed by atoms with E-state index in [4.69, 9.17) is 4.74 Å². The van der Waals surface area contributed by atoms with E-state index in [1.807, 2.05) is 0 Å². The maximum Gasteiger partial charge on any atom is 0.0646 e. The standard InChI is InChI=1S/C15H21NO/c1-15(7-8-17-11-15)16-10-12-5-6-13-3-2-4-14(13)9-12/h5-6,9,16H,2-4,7-8,10-11H2,1H3. The van der Waals surface area contributed by atoms with Crippen LogP contribution >= 0.6 is 0 Å². The number of ether oxygens (including phenoxy) is 1. The second kappa shape index (κ2) is 4.43. The molecule has 92 valence electrons. The molecular formula is C15H21NO.